The largest absolute Gasteiger partial charge is 0.379 e. The van der Waals surface area contributed by atoms with Crippen molar-refractivity contribution < 1.29 is 4.74 Å². The molecule has 0 bridgehead atoms. The van der Waals surface area contributed by atoms with Crippen LogP contribution in [0.25, 0.3) is 0 Å². The molecule has 2 heteroatoms. The molecule has 0 aromatic heterocycles. The normalized spacial score (nSPS) is 27.4. The summed E-state index contributed by atoms with van der Waals surface area (Å²) in [5.41, 5.74) is 0.0692. The quantitative estimate of drug-likeness (QED) is 0.709. The summed E-state index contributed by atoms with van der Waals surface area (Å²) in [5.74, 6) is 1.87. The zero-order chi connectivity index (χ0) is 10.6. The van der Waals surface area contributed by atoms with E-state index in [0.29, 0.717) is 0 Å². The number of hydrogen-bond donors (Lipinski definition) is 1. The van der Waals surface area contributed by atoms with Gasteiger partial charge in [0.1, 0.15) is 0 Å². The Labute approximate surface area is 88.4 Å². The molecule has 0 amide bonds. The van der Waals surface area contributed by atoms with Gasteiger partial charge in [-0.3, -0.25) is 0 Å². The highest BCUT2D eigenvalue weighted by molar-refractivity contribution is 4.83. The van der Waals surface area contributed by atoms with E-state index in [1.165, 1.54) is 32.2 Å². The molecule has 0 spiro atoms. The van der Waals surface area contributed by atoms with Gasteiger partial charge in [0.25, 0.3) is 0 Å². The third-order valence-electron chi connectivity index (χ3n) is 3.71. The van der Waals surface area contributed by atoms with E-state index in [9.17, 15) is 0 Å². The number of hydrogen-bond acceptors (Lipinski definition) is 2. The Kier molecular flexibility index (Phi) is 4.39. The summed E-state index contributed by atoms with van der Waals surface area (Å²) in [6, 6.07) is 0. The van der Waals surface area contributed by atoms with Gasteiger partial charge >= 0.3 is 0 Å². The first-order valence-corrected chi connectivity index (χ1v) is 5.79. The van der Waals surface area contributed by atoms with E-state index in [0.717, 1.165) is 11.8 Å². The van der Waals surface area contributed by atoms with E-state index in [2.05, 4.69) is 26.2 Å². The molecule has 1 aliphatic rings. The van der Waals surface area contributed by atoms with Crippen LogP contribution in [-0.4, -0.2) is 26.3 Å². The Morgan fingerprint density at radius 3 is 2.36 bits per heavy atom. The minimum atomic E-state index is 0.0692. The van der Waals surface area contributed by atoms with Gasteiger partial charge in [-0.25, -0.2) is 0 Å². The Bertz CT molecular complexity index is 168. The van der Waals surface area contributed by atoms with Gasteiger partial charge in [0.2, 0.25) is 0 Å². The van der Waals surface area contributed by atoms with Crippen LogP contribution in [-0.2, 0) is 4.74 Å². The highest BCUT2D eigenvalue weighted by atomic mass is 16.5. The molecule has 2 unspecified atom stereocenters. The molecule has 1 fully saturated rings. The summed E-state index contributed by atoms with van der Waals surface area (Å²) >= 11 is 0. The lowest BCUT2D eigenvalue weighted by atomic mass is 9.70. The fourth-order valence-corrected chi connectivity index (χ4v) is 2.18. The van der Waals surface area contributed by atoms with Gasteiger partial charge in [-0.15, -0.1) is 0 Å². The van der Waals surface area contributed by atoms with Crippen molar-refractivity contribution in [3.63, 3.8) is 0 Å². The fraction of sp³-hybridized carbons (Fsp3) is 1.00. The lowest BCUT2D eigenvalue weighted by Crippen LogP contribution is -2.35. The molecular weight excluding hydrogens is 174 g/mol. The smallest absolute Gasteiger partial charge is 0.0622 e. The first-order valence-electron chi connectivity index (χ1n) is 5.79. The van der Waals surface area contributed by atoms with Crippen molar-refractivity contribution in [1.29, 1.82) is 0 Å². The van der Waals surface area contributed by atoms with Crippen molar-refractivity contribution in [3.05, 3.63) is 0 Å². The summed E-state index contributed by atoms with van der Waals surface area (Å²) in [4.78, 5) is 0. The third-order valence-corrected chi connectivity index (χ3v) is 3.71. The number of rotatable bonds is 6. The maximum Gasteiger partial charge on any atom is 0.0622 e. The van der Waals surface area contributed by atoms with Gasteiger partial charge in [-0.05, 0) is 65.0 Å². The first kappa shape index (κ1) is 12.0. The van der Waals surface area contributed by atoms with Gasteiger partial charge in [0, 0.05) is 7.11 Å². The molecule has 1 rings (SSSR count). The van der Waals surface area contributed by atoms with E-state index in [4.69, 9.17) is 4.74 Å². The molecule has 1 N–H and O–H groups in total. The molecule has 2 atom stereocenters. The highest BCUT2D eigenvalue weighted by Gasteiger charge is 2.31. The highest BCUT2D eigenvalue weighted by Crippen LogP contribution is 2.38. The molecule has 84 valence electrons. The predicted octanol–water partition coefficient (Wildman–Crippen LogP) is 2.44. The summed E-state index contributed by atoms with van der Waals surface area (Å²) < 4.78 is 5.44. The van der Waals surface area contributed by atoms with Crippen LogP contribution in [0.4, 0.5) is 0 Å². The molecule has 0 radical (unpaired) electrons. The van der Waals surface area contributed by atoms with Gasteiger partial charge < -0.3 is 10.1 Å². The Morgan fingerprint density at radius 1 is 1.29 bits per heavy atom. The second-order valence-electron chi connectivity index (χ2n) is 5.16. The molecule has 0 saturated heterocycles. The second kappa shape index (κ2) is 5.13. The van der Waals surface area contributed by atoms with Gasteiger partial charge in [0.05, 0.1) is 5.60 Å². The van der Waals surface area contributed by atoms with Crippen molar-refractivity contribution >= 4 is 0 Å². The summed E-state index contributed by atoms with van der Waals surface area (Å²) in [5, 5.41) is 3.28. The summed E-state index contributed by atoms with van der Waals surface area (Å²) in [6.07, 6.45) is 5.35. The van der Waals surface area contributed by atoms with Crippen molar-refractivity contribution in [2.24, 2.45) is 11.8 Å². The second-order valence-corrected chi connectivity index (χ2v) is 5.16. The lowest BCUT2D eigenvalue weighted by molar-refractivity contribution is 0.00217. The van der Waals surface area contributed by atoms with Crippen LogP contribution in [0.15, 0.2) is 0 Å². The minimum Gasteiger partial charge on any atom is -0.379 e. The van der Waals surface area contributed by atoms with Crippen LogP contribution in [0.3, 0.4) is 0 Å². The van der Waals surface area contributed by atoms with E-state index >= 15 is 0 Å². The molecule has 1 saturated carbocycles. The van der Waals surface area contributed by atoms with E-state index in [-0.39, 0.29) is 5.60 Å². The molecular formula is C12H25NO. The first-order chi connectivity index (χ1) is 6.59. The van der Waals surface area contributed by atoms with Crippen LogP contribution in [0.5, 0.6) is 0 Å². The molecule has 1 aliphatic carbocycles. The number of nitrogens with one attached hydrogen (secondary N) is 1. The van der Waals surface area contributed by atoms with Crippen molar-refractivity contribution in [2.45, 2.75) is 45.1 Å². The lowest BCUT2D eigenvalue weighted by Gasteiger charge is -2.38. The third kappa shape index (κ3) is 3.25. The van der Waals surface area contributed by atoms with Gasteiger partial charge in [0.15, 0.2) is 0 Å². The Balaban J connectivity index is 2.19. The van der Waals surface area contributed by atoms with Gasteiger partial charge in [-0.1, -0.05) is 0 Å². The maximum atomic E-state index is 5.44. The average molecular weight is 199 g/mol. The molecule has 2 nitrogen and oxygen atoms in total. The molecule has 0 heterocycles. The summed E-state index contributed by atoms with van der Waals surface area (Å²) in [6.45, 7) is 5.55. The Hall–Kier alpha value is -0.0800. The van der Waals surface area contributed by atoms with Crippen LogP contribution in [0.2, 0.25) is 0 Å². The van der Waals surface area contributed by atoms with Crippen molar-refractivity contribution in [2.75, 3.05) is 20.7 Å². The van der Waals surface area contributed by atoms with E-state index in [1.807, 2.05) is 7.11 Å². The zero-order valence-electron chi connectivity index (χ0n) is 10.1. The molecule has 0 aromatic carbocycles. The van der Waals surface area contributed by atoms with Gasteiger partial charge in [-0.2, -0.15) is 0 Å². The Morgan fingerprint density at radius 2 is 1.93 bits per heavy atom. The topological polar surface area (TPSA) is 21.3 Å². The maximum absolute atomic E-state index is 5.44. The number of methoxy groups -OCH3 is 1. The molecule has 14 heavy (non-hydrogen) atoms. The molecule has 0 aromatic rings. The van der Waals surface area contributed by atoms with Crippen LogP contribution in [0, 0.1) is 11.8 Å². The van der Waals surface area contributed by atoms with Crippen molar-refractivity contribution in [1.82, 2.24) is 5.32 Å². The van der Waals surface area contributed by atoms with E-state index < -0.39 is 0 Å². The molecule has 0 aliphatic heterocycles. The number of ether oxygens (including phenoxy) is 1. The van der Waals surface area contributed by atoms with Crippen LogP contribution >= 0.6 is 0 Å². The predicted molar refractivity (Wildman–Crippen MR) is 60.5 cm³/mol. The summed E-state index contributed by atoms with van der Waals surface area (Å²) in [7, 11) is 3.86. The fourth-order valence-electron chi connectivity index (χ4n) is 2.18. The minimum absolute atomic E-state index is 0.0692. The van der Waals surface area contributed by atoms with Crippen molar-refractivity contribution in [3.8, 4) is 0 Å². The van der Waals surface area contributed by atoms with Crippen LogP contribution < -0.4 is 5.32 Å². The SMILES string of the molecule is CNCC1CCC1CCC(C)(C)OC. The standard InChI is InChI=1S/C12H25NO/c1-12(2,14-4)8-7-10-5-6-11(10)9-13-3/h10-11,13H,5-9H2,1-4H3. The monoisotopic (exact) mass is 199 g/mol. The zero-order valence-corrected chi connectivity index (χ0v) is 10.1. The van der Waals surface area contributed by atoms with Crippen LogP contribution in [0.1, 0.15) is 39.5 Å². The van der Waals surface area contributed by atoms with E-state index in [1.54, 1.807) is 0 Å². The average Bonchev–Trinajstić information content (AvgIpc) is 2.12.